The SMILES string of the molecule is Cc1cccc(CNC(=O)CNc2ccc(N3CCCC3)cc2)c1. The van der Waals surface area contributed by atoms with Gasteiger partial charge in [-0.15, -0.1) is 0 Å². The molecule has 2 aromatic carbocycles. The highest BCUT2D eigenvalue weighted by molar-refractivity contribution is 5.80. The quantitative estimate of drug-likeness (QED) is 0.857. The lowest BCUT2D eigenvalue weighted by Crippen LogP contribution is -2.29. The Morgan fingerprint density at radius 3 is 2.54 bits per heavy atom. The van der Waals surface area contributed by atoms with E-state index in [1.807, 2.05) is 24.3 Å². The molecule has 0 saturated carbocycles. The van der Waals surface area contributed by atoms with Gasteiger partial charge in [0.25, 0.3) is 0 Å². The molecule has 0 unspecified atom stereocenters. The fraction of sp³-hybridized carbons (Fsp3) is 0.350. The molecule has 24 heavy (non-hydrogen) atoms. The lowest BCUT2D eigenvalue weighted by molar-refractivity contribution is -0.119. The number of anilines is 2. The van der Waals surface area contributed by atoms with E-state index in [4.69, 9.17) is 0 Å². The summed E-state index contributed by atoms with van der Waals surface area (Å²) in [6, 6.07) is 16.5. The number of carbonyl (C=O) groups is 1. The zero-order valence-electron chi connectivity index (χ0n) is 14.2. The summed E-state index contributed by atoms with van der Waals surface area (Å²) in [4.78, 5) is 14.4. The van der Waals surface area contributed by atoms with Gasteiger partial charge in [0.2, 0.25) is 5.91 Å². The third kappa shape index (κ3) is 4.51. The van der Waals surface area contributed by atoms with Crippen LogP contribution in [0, 0.1) is 6.92 Å². The number of hydrogen-bond acceptors (Lipinski definition) is 3. The Kier molecular flexibility index (Phi) is 5.36. The van der Waals surface area contributed by atoms with Gasteiger partial charge in [0, 0.05) is 31.0 Å². The fourth-order valence-electron chi connectivity index (χ4n) is 3.03. The number of hydrogen-bond donors (Lipinski definition) is 2. The van der Waals surface area contributed by atoms with Crippen molar-refractivity contribution in [2.45, 2.75) is 26.3 Å². The first-order chi connectivity index (χ1) is 11.7. The highest BCUT2D eigenvalue weighted by Gasteiger charge is 2.11. The minimum atomic E-state index is 0.000116. The van der Waals surface area contributed by atoms with Crippen LogP contribution in [0.2, 0.25) is 0 Å². The summed E-state index contributed by atoms with van der Waals surface area (Å²) in [5.74, 6) is 0.000116. The lowest BCUT2D eigenvalue weighted by atomic mass is 10.1. The van der Waals surface area contributed by atoms with Crippen LogP contribution in [0.5, 0.6) is 0 Å². The van der Waals surface area contributed by atoms with Crippen molar-refractivity contribution in [3.05, 3.63) is 59.7 Å². The standard InChI is InChI=1S/C20H25N3O/c1-16-5-4-6-17(13-16)14-22-20(24)15-21-18-7-9-19(10-8-18)23-11-2-3-12-23/h4-10,13,21H,2-3,11-12,14-15H2,1H3,(H,22,24). The average molecular weight is 323 g/mol. The number of carbonyl (C=O) groups excluding carboxylic acids is 1. The molecule has 1 saturated heterocycles. The van der Waals surface area contributed by atoms with Gasteiger partial charge >= 0.3 is 0 Å². The summed E-state index contributed by atoms with van der Waals surface area (Å²) in [6.45, 7) is 5.20. The van der Waals surface area contributed by atoms with E-state index in [0.717, 1.165) is 24.3 Å². The summed E-state index contributed by atoms with van der Waals surface area (Å²) >= 11 is 0. The molecule has 4 heteroatoms. The molecule has 3 rings (SSSR count). The van der Waals surface area contributed by atoms with Gasteiger partial charge in [0.1, 0.15) is 0 Å². The average Bonchev–Trinajstić information content (AvgIpc) is 3.13. The van der Waals surface area contributed by atoms with Gasteiger partial charge < -0.3 is 15.5 Å². The molecule has 1 aliphatic heterocycles. The largest absolute Gasteiger partial charge is 0.376 e. The van der Waals surface area contributed by atoms with Crippen LogP contribution in [0.15, 0.2) is 48.5 Å². The molecule has 1 amide bonds. The van der Waals surface area contributed by atoms with Gasteiger partial charge in [0.15, 0.2) is 0 Å². The molecule has 2 aromatic rings. The third-order valence-electron chi connectivity index (χ3n) is 4.36. The first-order valence-corrected chi connectivity index (χ1v) is 8.62. The Morgan fingerprint density at radius 1 is 1.08 bits per heavy atom. The molecule has 2 N–H and O–H groups in total. The summed E-state index contributed by atoms with van der Waals surface area (Å²) < 4.78 is 0. The molecular weight excluding hydrogens is 298 g/mol. The maximum absolute atomic E-state index is 12.0. The van der Waals surface area contributed by atoms with E-state index in [0.29, 0.717) is 6.54 Å². The van der Waals surface area contributed by atoms with Crippen molar-refractivity contribution in [2.24, 2.45) is 0 Å². The number of benzene rings is 2. The van der Waals surface area contributed by atoms with Crippen LogP contribution in [0.4, 0.5) is 11.4 Å². The number of rotatable bonds is 6. The van der Waals surface area contributed by atoms with E-state index in [-0.39, 0.29) is 12.5 Å². The molecule has 0 bridgehead atoms. The van der Waals surface area contributed by atoms with Gasteiger partial charge in [-0.25, -0.2) is 0 Å². The maximum atomic E-state index is 12.0. The van der Waals surface area contributed by atoms with Crippen molar-refractivity contribution >= 4 is 17.3 Å². The molecule has 0 aromatic heterocycles. The summed E-state index contributed by atoms with van der Waals surface area (Å²) in [7, 11) is 0. The smallest absolute Gasteiger partial charge is 0.239 e. The van der Waals surface area contributed by atoms with Crippen LogP contribution in [0.1, 0.15) is 24.0 Å². The number of nitrogens with zero attached hydrogens (tertiary/aromatic N) is 1. The minimum absolute atomic E-state index is 0.000116. The van der Waals surface area contributed by atoms with E-state index < -0.39 is 0 Å². The predicted octanol–water partition coefficient (Wildman–Crippen LogP) is 3.32. The second-order valence-corrected chi connectivity index (χ2v) is 6.36. The van der Waals surface area contributed by atoms with E-state index in [1.54, 1.807) is 0 Å². The zero-order chi connectivity index (χ0) is 16.8. The normalized spacial score (nSPS) is 13.8. The molecule has 0 atom stereocenters. The van der Waals surface area contributed by atoms with Crippen molar-refractivity contribution in [3.8, 4) is 0 Å². The van der Waals surface area contributed by atoms with Crippen molar-refractivity contribution < 1.29 is 4.79 Å². The van der Waals surface area contributed by atoms with Crippen LogP contribution in [0.3, 0.4) is 0 Å². The van der Waals surface area contributed by atoms with Crippen LogP contribution < -0.4 is 15.5 Å². The van der Waals surface area contributed by atoms with E-state index >= 15 is 0 Å². The first kappa shape index (κ1) is 16.4. The number of aryl methyl sites for hydroxylation is 1. The Balaban J connectivity index is 1.44. The monoisotopic (exact) mass is 323 g/mol. The highest BCUT2D eigenvalue weighted by atomic mass is 16.1. The molecule has 0 radical (unpaired) electrons. The Hall–Kier alpha value is -2.49. The molecule has 1 fully saturated rings. The van der Waals surface area contributed by atoms with E-state index in [1.165, 1.54) is 24.1 Å². The maximum Gasteiger partial charge on any atom is 0.239 e. The Labute approximate surface area is 143 Å². The van der Waals surface area contributed by atoms with Crippen molar-refractivity contribution in [1.82, 2.24) is 5.32 Å². The van der Waals surface area contributed by atoms with Gasteiger partial charge in [0.05, 0.1) is 6.54 Å². The zero-order valence-corrected chi connectivity index (χ0v) is 14.2. The topological polar surface area (TPSA) is 44.4 Å². The Morgan fingerprint density at radius 2 is 1.83 bits per heavy atom. The molecular formula is C20H25N3O. The van der Waals surface area contributed by atoms with Gasteiger partial charge in [-0.2, -0.15) is 0 Å². The molecule has 4 nitrogen and oxygen atoms in total. The third-order valence-corrected chi connectivity index (χ3v) is 4.36. The second-order valence-electron chi connectivity index (χ2n) is 6.36. The predicted molar refractivity (Wildman–Crippen MR) is 99.4 cm³/mol. The van der Waals surface area contributed by atoms with Gasteiger partial charge in [-0.3, -0.25) is 4.79 Å². The molecule has 0 aliphatic carbocycles. The number of nitrogens with one attached hydrogen (secondary N) is 2. The van der Waals surface area contributed by atoms with E-state index in [2.05, 4.69) is 46.7 Å². The van der Waals surface area contributed by atoms with Crippen molar-refractivity contribution in [1.29, 1.82) is 0 Å². The van der Waals surface area contributed by atoms with Gasteiger partial charge in [-0.1, -0.05) is 29.8 Å². The lowest BCUT2D eigenvalue weighted by Gasteiger charge is -2.18. The minimum Gasteiger partial charge on any atom is -0.376 e. The summed E-state index contributed by atoms with van der Waals surface area (Å²) in [6.07, 6.45) is 2.56. The molecule has 126 valence electrons. The molecule has 0 spiro atoms. The van der Waals surface area contributed by atoms with Crippen molar-refractivity contribution in [3.63, 3.8) is 0 Å². The molecule has 1 aliphatic rings. The first-order valence-electron chi connectivity index (χ1n) is 8.62. The Bertz CT molecular complexity index is 676. The van der Waals surface area contributed by atoms with E-state index in [9.17, 15) is 4.79 Å². The summed E-state index contributed by atoms with van der Waals surface area (Å²) in [5.41, 5.74) is 4.57. The van der Waals surface area contributed by atoms with Crippen LogP contribution in [0.25, 0.3) is 0 Å². The van der Waals surface area contributed by atoms with Crippen LogP contribution in [-0.4, -0.2) is 25.5 Å². The van der Waals surface area contributed by atoms with Crippen LogP contribution in [-0.2, 0) is 11.3 Å². The number of amides is 1. The van der Waals surface area contributed by atoms with Gasteiger partial charge in [-0.05, 0) is 49.6 Å². The second kappa shape index (κ2) is 7.86. The fourth-order valence-corrected chi connectivity index (χ4v) is 3.03. The highest BCUT2D eigenvalue weighted by Crippen LogP contribution is 2.21. The van der Waals surface area contributed by atoms with Crippen molar-refractivity contribution in [2.75, 3.05) is 29.9 Å². The van der Waals surface area contributed by atoms with Crippen LogP contribution >= 0.6 is 0 Å². The summed E-state index contributed by atoms with van der Waals surface area (Å²) in [5, 5.41) is 6.12. The molecule has 1 heterocycles.